The fourth-order valence-corrected chi connectivity index (χ4v) is 3.34. The summed E-state index contributed by atoms with van der Waals surface area (Å²) in [6, 6.07) is 7.50. The van der Waals surface area contributed by atoms with Gasteiger partial charge in [0, 0.05) is 15.4 Å². The molecule has 1 atom stereocenters. The highest BCUT2D eigenvalue weighted by Crippen LogP contribution is 2.34. The zero-order valence-electron chi connectivity index (χ0n) is 10.1. The van der Waals surface area contributed by atoms with Crippen LogP contribution in [0.1, 0.15) is 16.5 Å². The lowest BCUT2D eigenvalue weighted by atomic mass is 10.1. The van der Waals surface area contributed by atoms with Crippen LogP contribution in [0.3, 0.4) is 0 Å². The molecule has 0 fully saturated rings. The summed E-state index contributed by atoms with van der Waals surface area (Å²) in [5, 5.41) is 2.01. The second-order valence-electron chi connectivity index (χ2n) is 3.76. The van der Waals surface area contributed by atoms with Crippen molar-refractivity contribution in [1.82, 2.24) is 0 Å². The molecular formula is C13H14BrNO2S. The second kappa shape index (κ2) is 5.73. The van der Waals surface area contributed by atoms with Crippen LogP contribution in [0.4, 0.5) is 0 Å². The third kappa shape index (κ3) is 2.68. The van der Waals surface area contributed by atoms with Crippen LogP contribution in [0.5, 0.6) is 11.5 Å². The number of methoxy groups -OCH3 is 2. The first kappa shape index (κ1) is 13.4. The summed E-state index contributed by atoms with van der Waals surface area (Å²) in [5.74, 6) is 1.49. The third-order valence-corrected chi connectivity index (χ3v) is 4.61. The van der Waals surface area contributed by atoms with Gasteiger partial charge >= 0.3 is 0 Å². The molecule has 0 aliphatic rings. The fraction of sp³-hybridized carbons (Fsp3) is 0.231. The summed E-state index contributed by atoms with van der Waals surface area (Å²) in [4.78, 5) is 1.09. The van der Waals surface area contributed by atoms with E-state index in [4.69, 9.17) is 15.2 Å². The van der Waals surface area contributed by atoms with Gasteiger partial charge in [-0.3, -0.25) is 0 Å². The maximum Gasteiger partial charge on any atom is 0.122 e. The molecule has 0 saturated heterocycles. The molecule has 0 saturated carbocycles. The number of nitrogens with two attached hydrogens (primary N) is 1. The van der Waals surface area contributed by atoms with E-state index in [0.717, 1.165) is 26.4 Å². The lowest BCUT2D eigenvalue weighted by Crippen LogP contribution is -2.11. The molecule has 0 bridgehead atoms. The van der Waals surface area contributed by atoms with Gasteiger partial charge in [0.1, 0.15) is 11.5 Å². The second-order valence-corrected chi connectivity index (χ2v) is 5.56. The number of hydrogen-bond acceptors (Lipinski definition) is 4. The predicted octanol–water partition coefficient (Wildman–Crippen LogP) is 3.58. The SMILES string of the molecule is COc1cc(OC)cc(C(N)c2sccc2Br)c1. The highest BCUT2D eigenvalue weighted by molar-refractivity contribution is 9.10. The molecule has 5 heteroatoms. The molecule has 18 heavy (non-hydrogen) atoms. The highest BCUT2D eigenvalue weighted by atomic mass is 79.9. The number of thiophene rings is 1. The van der Waals surface area contributed by atoms with Gasteiger partial charge in [-0.25, -0.2) is 0 Å². The molecule has 3 nitrogen and oxygen atoms in total. The van der Waals surface area contributed by atoms with Crippen molar-refractivity contribution in [3.8, 4) is 11.5 Å². The molecule has 0 aliphatic carbocycles. The Labute approximate surface area is 119 Å². The lowest BCUT2D eigenvalue weighted by Gasteiger charge is -2.14. The van der Waals surface area contributed by atoms with Crippen molar-refractivity contribution in [2.24, 2.45) is 5.73 Å². The van der Waals surface area contributed by atoms with Crippen molar-refractivity contribution < 1.29 is 9.47 Å². The monoisotopic (exact) mass is 327 g/mol. The molecule has 1 unspecified atom stereocenters. The maximum atomic E-state index is 6.28. The van der Waals surface area contributed by atoms with E-state index >= 15 is 0 Å². The molecule has 0 aliphatic heterocycles. The molecule has 2 N–H and O–H groups in total. The van der Waals surface area contributed by atoms with Crippen LogP contribution in [0.2, 0.25) is 0 Å². The molecule has 2 rings (SSSR count). The molecule has 2 aromatic rings. The van der Waals surface area contributed by atoms with Gasteiger partial charge in [-0.1, -0.05) is 0 Å². The first-order chi connectivity index (χ1) is 8.65. The first-order valence-electron chi connectivity index (χ1n) is 5.37. The number of rotatable bonds is 4. The smallest absolute Gasteiger partial charge is 0.122 e. The minimum Gasteiger partial charge on any atom is -0.497 e. The Kier molecular flexibility index (Phi) is 4.27. The van der Waals surface area contributed by atoms with Crippen LogP contribution in [0.25, 0.3) is 0 Å². The van der Waals surface area contributed by atoms with E-state index in [0.29, 0.717) is 0 Å². The molecular weight excluding hydrogens is 314 g/mol. The fourth-order valence-electron chi connectivity index (χ4n) is 1.69. The highest BCUT2D eigenvalue weighted by Gasteiger charge is 2.15. The van der Waals surface area contributed by atoms with Gasteiger partial charge in [0.15, 0.2) is 0 Å². The minimum atomic E-state index is -0.191. The van der Waals surface area contributed by atoms with Gasteiger partial charge in [0.2, 0.25) is 0 Å². The van der Waals surface area contributed by atoms with E-state index in [-0.39, 0.29) is 6.04 Å². The Balaban J connectivity index is 2.41. The Morgan fingerprint density at radius 2 is 1.78 bits per heavy atom. The van der Waals surface area contributed by atoms with E-state index < -0.39 is 0 Å². The van der Waals surface area contributed by atoms with Crippen molar-refractivity contribution >= 4 is 27.3 Å². The number of halogens is 1. The number of hydrogen-bond donors (Lipinski definition) is 1. The standard InChI is InChI=1S/C13H14BrNO2S/c1-16-9-5-8(6-10(7-9)17-2)12(15)13-11(14)3-4-18-13/h3-7,12H,15H2,1-2H3. The van der Waals surface area contributed by atoms with E-state index in [9.17, 15) is 0 Å². The van der Waals surface area contributed by atoms with E-state index in [1.165, 1.54) is 0 Å². The summed E-state index contributed by atoms with van der Waals surface area (Å²) >= 11 is 5.13. The van der Waals surface area contributed by atoms with E-state index in [2.05, 4.69) is 15.9 Å². The molecule has 0 amide bonds. The Morgan fingerprint density at radius 3 is 2.22 bits per heavy atom. The van der Waals surface area contributed by atoms with Gasteiger partial charge in [-0.2, -0.15) is 0 Å². The van der Waals surface area contributed by atoms with Crippen LogP contribution >= 0.6 is 27.3 Å². The summed E-state index contributed by atoms with van der Waals surface area (Å²) in [7, 11) is 3.26. The maximum absolute atomic E-state index is 6.28. The molecule has 1 aromatic heterocycles. The Hall–Kier alpha value is -1.04. The summed E-state index contributed by atoms with van der Waals surface area (Å²) in [5.41, 5.74) is 7.25. The minimum absolute atomic E-state index is 0.191. The van der Waals surface area contributed by atoms with Crippen LogP contribution in [0, 0.1) is 0 Å². The molecule has 96 valence electrons. The predicted molar refractivity (Wildman–Crippen MR) is 77.6 cm³/mol. The molecule has 1 aromatic carbocycles. The largest absolute Gasteiger partial charge is 0.497 e. The number of benzene rings is 1. The first-order valence-corrected chi connectivity index (χ1v) is 7.04. The molecule has 0 spiro atoms. The van der Waals surface area contributed by atoms with Crippen LogP contribution in [-0.2, 0) is 0 Å². The summed E-state index contributed by atoms with van der Waals surface area (Å²) in [6.45, 7) is 0. The van der Waals surface area contributed by atoms with Crippen molar-refractivity contribution in [1.29, 1.82) is 0 Å². The van der Waals surface area contributed by atoms with Crippen LogP contribution < -0.4 is 15.2 Å². The van der Waals surface area contributed by atoms with Crippen LogP contribution in [-0.4, -0.2) is 14.2 Å². The number of ether oxygens (including phenoxy) is 2. The summed E-state index contributed by atoms with van der Waals surface area (Å²) in [6.07, 6.45) is 0. The third-order valence-electron chi connectivity index (χ3n) is 2.66. The van der Waals surface area contributed by atoms with Gasteiger partial charge in [-0.05, 0) is 45.1 Å². The van der Waals surface area contributed by atoms with Crippen molar-refractivity contribution in [3.63, 3.8) is 0 Å². The van der Waals surface area contributed by atoms with Gasteiger partial charge in [0.25, 0.3) is 0 Å². The zero-order chi connectivity index (χ0) is 13.1. The van der Waals surface area contributed by atoms with Crippen LogP contribution in [0.15, 0.2) is 34.1 Å². The van der Waals surface area contributed by atoms with E-state index in [1.807, 2.05) is 29.6 Å². The van der Waals surface area contributed by atoms with Crippen molar-refractivity contribution in [2.75, 3.05) is 14.2 Å². The molecule has 0 radical (unpaired) electrons. The van der Waals surface area contributed by atoms with Gasteiger partial charge < -0.3 is 15.2 Å². The summed E-state index contributed by atoms with van der Waals surface area (Å²) < 4.78 is 11.5. The Morgan fingerprint density at radius 1 is 1.17 bits per heavy atom. The van der Waals surface area contributed by atoms with Gasteiger partial charge in [0.05, 0.1) is 20.3 Å². The van der Waals surface area contributed by atoms with Crippen molar-refractivity contribution in [3.05, 3.63) is 44.6 Å². The topological polar surface area (TPSA) is 44.5 Å². The quantitative estimate of drug-likeness (QED) is 0.933. The Bertz CT molecular complexity index is 519. The van der Waals surface area contributed by atoms with Gasteiger partial charge in [-0.15, -0.1) is 11.3 Å². The average Bonchev–Trinajstić information content (AvgIpc) is 2.83. The average molecular weight is 328 g/mol. The van der Waals surface area contributed by atoms with Crippen molar-refractivity contribution in [2.45, 2.75) is 6.04 Å². The lowest BCUT2D eigenvalue weighted by molar-refractivity contribution is 0.393. The molecule has 1 heterocycles. The van der Waals surface area contributed by atoms with E-state index in [1.54, 1.807) is 25.6 Å². The zero-order valence-corrected chi connectivity index (χ0v) is 12.5. The normalized spacial score (nSPS) is 12.2.